The molecule has 0 saturated heterocycles. The van der Waals surface area contributed by atoms with Gasteiger partial charge in [0.2, 0.25) is 0 Å². The van der Waals surface area contributed by atoms with Crippen molar-refractivity contribution in [2.45, 2.75) is 6.04 Å². The first-order valence-corrected chi connectivity index (χ1v) is 7.23. The van der Waals surface area contributed by atoms with Crippen molar-refractivity contribution in [3.05, 3.63) is 63.3 Å². The normalized spacial score (nSPS) is 11.8. The van der Waals surface area contributed by atoms with Crippen LogP contribution in [0.1, 0.15) is 11.6 Å². The molecule has 0 heterocycles. The predicted molar refractivity (Wildman–Crippen MR) is 83.9 cm³/mol. The molecule has 2 rings (SSSR count). The topological polar surface area (TPSA) is 38.3 Å². The fourth-order valence-corrected chi connectivity index (χ4v) is 2.25. The van der Waals surface area contributed by atoms with Crippen molar-refractivity contribution in [3.8, 4) is 0 Å². The second-order valence-electron chi connectivity index (χ2n) is 4.28. The number of esters is 1. The van der Waals surface area contributed by atoms with Crippen molar-refractivity contribution < 1.29 is 13.9 Å². The highest BCUT2D eigenvalue weighted by molar-refractivity contribution is 9.10. The van der Waals surface area contributed by atoms with Crippen LogP contribution in [-0.2, 0) is 9.53 Å². The number of hydrogen-bond donors (Lipinski definition) is 1. The zero-order chi connectivity index (χ0) is 15.4. The number of halogens is 3. The Labute approximate surface area is 135 Å². The third-order valence-electron chi connectivity index (χ3n) is 2.87. The number of methoxy groups -OCH3 is 1. The molecule has 0 radical (unpaired) electrons. The molecule has 1 unspecified atom stereocenters. The lowest BCUT2D eigenvalue weighted by Gasteiger charge is -2.18. The molecular formula is C15H12BrClFNO2. The Hall–Kier alpha value is -1.59. The number of hydrogen-bond acceptors (Lipinski definition) is 3. The van der Waals surface area contributed by atoms with E-state index in [2.05, 4.69) is 21.2 Å². The second kappa shape index (κ2) is 6.91. The molecule has 0 aromatic heterocycles. The maximum atomic E-state index is 13.2. The van der Waals surface area contributed by atoms with E-state index in [1.807, 2.05) is 24.3 Å². The number of benzene rings is 2. The lowest BCUT2D eigenvalue weighted by molar-refractivity contribution is -0.141. The first kappa shape index (κ1) is 15.8. The van der Waals surface area contributed by atoms with Gasteiger partial charge in [0.15, 0.2) is 6.04 Å². The Morgan fingerprint density at radius 3 is 2.52 bits per heavy atom. The summed E-state index contributed by atoms with van der Waals surface area (Å²) < 4.78 is 19.0. The van der Waals surface area contributed by atoms with Gasteiger partial charge in [-0.2, -0.15) is 0 Å². The number of ether oxygens (including phenoxy) is 1. The number of carbonyl (C=O) groups excluding carboxylic acids is 1. The third-order valence-corrected chi connectivity index (χ3v) is 3.69. The summed E-state index contributed by atoms with van der Waals surface area (Å²) in [6.45, 7) is 0. The summed E-state index contributed by atoms with van der Waals surface area (Å²) in [5.41, 5.74) is 1.25. The van der Waals surface area contributed by atoms with Crippen LogP contribution in [0.15, 0.2) is 46.9 Å². The molecule has 2 aromatic rings. The minimum absolute atomic E-state index is 0.0426. The molecule has 1 N–H and O–H groups in total. The van der Waals surface area contributed by atoms with E-state index >= 15 is 0 Å². The number of carbonyl (C=O) groups is 1. The monoisotopic (exact) mass is 371 g/mol. The second-order valence-corrected chi connectivity index (χ2v) is 5.60. The van der Waals surface area contributed by atoms with Crippen LogP contribution in [0.3, 0.4) is 0 Å². The van der Waals surface area contributed by atoms with E-state index in [-0.39, 0.29) is 5.02 Å². The van der Waals surface area contributed by atoms with E-state index in [0.717, 1.165) is 10.2 Å². The highest BCUT2D eigenvalue weighted by Crippen LogP contribution is 2.25. The van der Waals surface area contributed by atoms with Crippen molar-refractivity contribution in [3.63, 3.8) is 0 Å². The molecule has 0 aliphatic rings. The van der Waals surface area contributed by atoms with E-state index in [4.69, 9.17) is 16.3 Å². The maximum Gasteiger partial charge on any atom is 0.332 e. The average molecular weight is 373 g/mol. The van der Waals surface area contributed by atoms with E-state index in [1.54, 1.807) is 0 Å². The van der Waals surface area contributed by atoms with Gasteiger partial charge in [-0.15, -0.1) is 0 Å². The van der Waals surface area contributed by atoms with Crippen LogP contribution in [0.25, 0.3) is 0 Å². The molecular weight excluding hydrogens is 361 g/mol. The Balaban J connectivity index is 2.31. The molecule has 2 aromatic carbocycles. The van der Waals surface area contributed by atoms with Gasteiger partial charge in [0.1, 0.15) is 5.82 Å². The summed E-state index contributed by atoms with van der Waals surface area (Å²) in [5, 5.41) is 3.00. The maximum absolute atomic E-state index is 13.2. The summed E-state index contributed by atoms with van der Waals surface area (Å²) in [4.78, 5) is 11.9. The minimum atomic E-state index is -0.769. The smallest absolute Gasteiger partial charge is 0.332 e. The minimum Gasteiger partial charge on any atom is -0.467 e. The lowest BCUT2D eigenvalue weighted by atomic mass is 10.1. The average Bonchev–Trinajstić information content (AvgIpc) is 2.49. The largest absolute Gasteiger partial charge is 0.467 e. The SMILES string of the molecule is COC(=O)C(Nc1ccc(Br)cc1)c1ccc(F)c(Cl)c1. The van der Waals surface area contributed by atoms with Gasteiger partial charge in [0.05, 0.1) is 12.1 Å². The van der Waals surface area contributed by atoms with Gasteiger partial charge in [-0.05, 0) is 42.0 Å². The summed E-state index contributed by atoms with van der Waals surface area (Å²) >= 11 is 9.11. The molecule has 0 aliphatic heterocycles. The van der Waals surface area contributed by atoms with Gasteiger partial charge in [-0.3, -0.25) is 0 Å². The van der Waals surface area contributed by atoms with Crippen molar-refractivity contribution in [2.24, 2.45) is 0 Å². The van der Waals surface area contributed by atoms with Crippen LogP contribution < -0.4 is 5.32 Å². The van der Waals surface area contributed by atoms with Gasteiger partial charge in [0, 0.05) is 10.2 Å². The Morgan fingerprint density at radius 2 is 1.95 bits per heavy atom. The molecule has 21 heavy (non-hydrogen) atoms. The zero-order valence-corrected chi connectivity index (χ0v) is 13.4. The summed E-state index contributed by atoms with van der Waals surface area (Å²) in [6.07, 6.45) is 0. The van der Waals surface area contributed by atoms with Crippen molar-refractivity contribution in [1.82, 2.24) is 0 Å². The first-order chi connectivity index (χ1) is 10.0. The van der Waals surface area contributed by atoms with Gasteiger partial charge in [0.25, 0.3) is 0 Å². The van der Waals surface area contributed by atoms with Crippen LogP contribution >= 0.6 is 27.5 Å². The molecule has 0 saturated carbocycles. The Kier molecular flexibility index (Phi) is 5.20. The molecule has 3 nitrogen and oxygen atoms in total. The fourth-order valence-electron chi connectivity index (χ4n) is 1.80. The van der Waals surface area contributed by atoms with Crippen molar-refractivity contribution >= 4 is 39.2 Å². The highest BCUT2D eigenvalue weighted by atomic mass is 79.9. The molecule has 0 spiro atoms. The summed E-state index contributed by atoms with van der Waals surface area (Å²) in [7, 11) is 1.30. The van der Waals surface area contributed by atoms with Crippen molar-refractivity contribution in [1.29, 1.82) is 0 Å². The van der Waals surface area contributed by atoms with Gasteiger partial charge < -0.3 is 10.1 Å². The van der Waals surface area contributed by atoms with E-state index in [1.165, 1.54) is 25.3 Å². The lowest BCUT2D eigenvalue weighted by Crippen LogP contribution is -2.22. The van der Waals surface area contributed by atoms with Crippen LogP contribution in [0.2, 0.25) is 5.02 Å². The van der Waals surface area contributed by atoms with E-state index in [9.17, 15) is 9.18 Å². The van der Waals surface area contributed by atoms with Crippen LogP contribution in [0, 0.1) is 5.82 Å². The third kappa shape index (κ3) is 3.95. The molecule has 0 amide bonds. The van der Waals surface area contributed by atoms with E-state index < -0.39 is 17.8 Å². The molecule has 0 bridgehead atoms. The predicted octanol–water partition coefficient (Wildman–Crippen LogP) is 4.57. The molecule has 0 fully saturated rings. The quantitative estimate of drug-likeness (QED) is 0.799. The van der Waals surface area contributed by atoms with E-state index in [0.29, 0.717) is 5.56 Å². The molecule has 110 valence electrons. The van der Waals surface area contributed by atoms with Gasteiger partial charge in [-0.25, -0.2) is 9.18 Å². The van der Waals surface area contributed by atoms with Crippen molar-refractivity contribution in [2.75, 3.05) is 12.4 Å². The molecule has 0 aliphatic carbocycles. The standard InChI is InChI=1S/C15H12BrClFNO2/c1-21-15(20)14(9-2-7-13(18)12(17)8-9)19-11-5-3-10(16)4-6-11/h2-8,14,19H,1H3. The van der Waals surface area contributed by atoms with Crippen LogP contribution in [0.5, 0.6) is 0 Å². The number of nitrogens with one attached hydrogen (secondary N) is 1. The first-order valence-electron chi connectivity index (χ1n) is 6.06. The fraction of sp³-hybridized carbons (Fsp3) is 0.133. The zero-order valence-electron chi connectivity index (χ0n) is 11.1. The molecule has 1 atom stereocenters. The van der Waals surface area contributed by atoms with Gasteiger partial charge in [-0.1, -0.05) is 33.6 Å². The highest BCUT2D eigenvalue weighted by Gasteiger charge is 2.22. The number of rotatable bonds is 4. The Bertz CT molecular complexity index is 649. The molecule has 6 heteroatoms. The van der Waals surface area contributed by atoms with Crippen LogP contribution in [0.4, 0.5) is 10.1 Å². The van der Waals surface area contributed by atoms with Gasteiger partial charge >= 0.3 is 5.97 Å². The van der Waals surface area contributed by atoms with Crippen LogP contribution in [-0.4, -0.2) is 13.1 Å². The summed E-state index contributed by atoms with van der Waals surface area (Å²) in [5.74, 6) is -1.02. The number of anilines is 1. The Morgan fingerprint density at radius 1 is 1.29 bits per heavy atom. The summed E-state index contributed by atoms with van der Waals surface area (Å²) in [6, 6.07) is 10.7.